The Morgan fingerprint density at radius 1 is 1.22 bits per heavy atom. The van der Waals surface area contributed by atoms with Gasteiger partial charge >= 0.3 is 0 Å². The van der Waals surface area contributed by atoms with E-state index in [-0.39, 0.29) is 0 Å². The van der Waals surface area contributed by atoms with Gasteiger partial charge in [-0.3, -0.25) is 0 Å². The van der Waals surface area contributed by atoms with Crippen molar-refractivity contribution < 1.29 is 4.42 Å². The van der Waals surface area contributed by atoms with Crippen molar-refractivity contribution in [2.24, 2.45) is 11.8 Å². The lowest BCUT2D eigenvalue weighted by Gasteiger charge is -2.34. The van der Waals surface area contributed by atoms with E-state index in [0.717, 1.165) is 17.0 Å². The minimum atomic E-state index is 0.488. The standard InChI is InChI=1S/C15H20N2O/c1-10-6-5-8-12(11(10)2)16-15-17-13-7-3-4-9-14(13)18-15/h3-4,7,9-12H,5-6,8H2,1-2H3,(H,16,17)/t10-,11-,12+/m1/s1. The van der Waals surface area contributed by atoms with E-state index in [1.165, 1.54) is 19.3 Å². The summed E-state index contributed by atoms with van der Waals surface area (Å²) in [7, 11) is 0. The molecule has 1 fully saturated rings. The summed E-state index contributed by atoms with van der Waals surface area (Å²) < 4.78 is 5.73. The molecule has 3 atom stereocenters. The summed E-state index contributed by atoms with van der Waals surface area (Å²) in [5.41, 5.74) is 1.79. The summed E-state index contributed by atoms with van der Waals surface area (Å²) in [6.07, 6.45) is 3.85. The predicted octanol–water partition coefficient (Wildman–Crippen LogP) is 4.06. The van der Waals surface area contributed by atoms with Crippen molar-refractivity contribution >= 4 is 17.1 Å². The lowest BCUT2D eigenvalue weighted by molar-refractivity contribution is 0.250. The van der Waals surface area contributed by atoms with E-state index in [4.69, 9.17) is 4.42 Å². The second-order valence-corrected chi connectivity index (χ2v) is 5.50. The first-order chi connectivity index (χ1) is 8.74. The fourth-order valence-electron chi connectivity index (χ4n) is 2.88. The normalized spacial score (nSPS) is 28.4. The molecule has 3 heteroatoms. The van der Waals surface area contributed by atoms with Crippen LogP contribution < -0.4 is 5.32 Å². The molecule has 1 aliphatic rings. The minimum Gasteiger partial charge on any atom is -0.424 e. The van der Waals surface area contributed by atoms with Crippen molar-refractivity contribution in [1.29, 1.82) is 0 Å². The van der Waals surface area contributed by atoms with Gasteiger partial charge in [0.25, 0.3) is 6.01 Å². The predicted molar refractivity (Wildman–Crippen MR) is 73.6 cm³/mol. The highest BCUT2D eigenvalue weighted by Gasteiger charge is 2.27. The molecular weight excluding hydrogens is 224 g/mol. The highest BCUT2D eigenvalue weighted by Crippen LogP contribution is 2.32. The number of oxazole rings is 1. The van der Waals surface area contributed by atoms with Gasteiger partial charge in [-0.1, -0.05) is 38.8 Å². The number of nitrogens with zero attached hydrogens (tertiary/aromatic N) is 1. The molecule has 1 aromatic heterocycles. The van der Waals surface area contributed by atoms with Gasteiger partial charge in [-0.05, 0) is 30.4 Å². The average molecular weight is 244 g/mol. The third kappa shape index (κ3) is 2.09. The molecule has 1 aliphatic carbocycles. The molecule has 0 unspecified atom stereocenters. The first kappa shape index (κ1) is 11.6. The number of fused-ring (bicyclic) bond motifs is 1. The van der Waals surface area contributed by atoms with Crippen LogP contribution in [0.5, 0.6) is 0 Å². The van der Waals surface area contributed by atoms with Crippen molar-refractivity contribution in [2.45, 2.75) is 39.2 Å². The molecule has 0 radical (unpaired) electrons. The maximum Gasteiger partial charge on any atom is 0.295 e. The van der Waals surface area contributed by atoms with Gasteiger partial charge in [-0.25, -0.2) is 0 Å². The minimum absolute atomic E-state index is 0.488. The topological polar surface area (TPSA) is 38.1 Å². The molecule has 1 saturated carbocycles. The summed E-state index contributed by atoms with van der Waals surface area (Å²) in [6.45, 7) is 4.66. The highest BCUT2D eigenvalue weighted by atomic mass is 16.4. The Labute approximate surface area is 108 Å². The Morgan fingerprint density at radius 2 is 2.06 bits per heavy atom. The molecule has 1 heterocycles. The molecule has 3 rings (SSSR count). The van der Waals surface area contributed by atoms with Crippen LogP contribution in [0.3, 0.4) is 0 Å². The molecule has 2 aromatic rings. The summed E-state index contributed by atoms with van der Waals surface area (Å²) in [5.74, 6) is 1.45. The monoisotopic (exact) mass is 244 g/mol. The van der Waals surface area contributed by atoms with E-state index in [2.05, 4.69) is 24.1 Å². The maximum atomic E-state index is 5.73. The van der Waals surface area contributed by atoms with E-state index < -0.39 is 0 Å². The van der Waals surface area contributed by atoms with E-state index in [1.54, 1.807) is 0 Å². The highest BCUT2D eigenvalue weighted by molar-refractivity contribution is 5.74. The molecule has 0 aliphatic heterocycles. The quantitative estimate of drug-likeness (QED) is 0.865. The van der Waals surface area contributed by atoms with Crippen LogP contribution in [0.1, 0.15) is 33.1 Å². The van der Waals surface area contributed by atoms with Crippen LogP contribution in [0.25, 0.3) is 11.1 Å². The van der Waals surface area contributed by atoms with Crippen LogP contribution in [0.4, 0.5) is 6.01 Å². The fraction of sp³-hybridized carbons (Fsp3) is 0.533. The Morgan fingerprint density at radius 3 is 2.89 bits per heavy atom. The molecule has 3 nitrogen and oxygen atoms in total. The lowest BCUT2D eigenvalue weighted by atomic mass is 9.78. The Kier molecular flexibility index (Phi) is 2.98. The smallest absolute Gasteiger partial charge is 0.295 e. The number of aromatic nitrogens is 1. The SMILES string of the molecule is C[C@@H]1[C@H](C)CCC[C@@H]1Nc1nc2ccccc2o1. The van der Waals surface area contributed by atoms with Crippen LogP contribution in [-0.4, -0.2) is 11.0 Å². The van der Waals surface area contributed by atoms with E-state index >= 15 is 0 Å². The Hall–Kier alpha value is -1.51. The zero-order valence-corrected chi connectivity index (χ0v) is 11.0. The summed E-state index contributed by atoms with van der Waals surface area (Å²) in [5, 5.41) is 3.47. The average Bonchev–Trinajstić information content (AvgIpc) is 2.77. The molecular formula is C15H20N2O. The van der Waals surface area contributed by atoms with Gasteiger partial charge in [-0.2, -0.15) is 4.98 Å². The number of para-hydroxylation sites is 2. The molecule has 0 saturated heterocycles. The first-order valence-electron chi connectivity index (χ1n) is 6.86. The van der Waals surface area contributed by atoms with Crippen molar-refractivity contribution in [3.8, 4) is 0 Å². The summed E-state index contributed by atoms with van der Waals surface area (Å²) in [6, 6.07) is 9.06. The molecule has 0 bridgehead atoms. The maximum absolute atomic E-state index is 5.73. The van der Waals surface area contributed by atoms with Crippen LogP contribution >= 0.6 is 0 Å². The van der Waals surface area contributed by atoms with E-state index in [0.29, 0.717) is 18.0 Å². The van der Waals surface area contributed by atoms with Gasteiger partial charge in [0, 0.05) is 6.04 Å². The van der Waals surface area contributed by atoms with Gasteiger partial charge in [0.05, 0.1) is 0 Å². The number of hydrogen-bond acceptors (Lipinski definition) is 3. The second kappa shape index (κ2) is 4.63. The number of benzene rings is 1. The second-order valence-electron chi connectivity index (χ2n) is 5.50. The summed E-state index contributed by atoms with van der Waals surface area (Å²) in [4.78, 5) is 4.49. The van der Waals surface area contributed by atoms with Gasteiger partial charge in [0.15, 0.2) is 5.58 Å². The van der Waals surface area contributed by atoms with Crippen molar-refractivity contribution in [2.75, 3.05) is 5.32 Å². The van der Waals surface area contributed by atoms with Crippen LogP contribution in [0.2, 0.25) is 0 Å². The molecule has 18 heavy (non-hydrogen) atoms. The number of nitrogens with one attached hydrogen (secondary N) is 1. The Bertz CT molecular complexity index is 501. The number of hydrogen-bond donors (Lipinski definition) is 1. The van der Waals surface area contributed by atoms with E-state index in [1.807, 2.05) is 24.3 Å². The molecule has 0 amide bonds. The summed E-state index contributed by atoms with van der Waals surface area (Å²) >= 11 is 0. The molecule has 0 spiro atoms. The Balaban J connectivity index is 1.79. The van der Waals surface area contributed by atoms with Crippen molar-refractivity contribution in [1.82, 2.24) is 4.98 Å². The zero-order valence-electron chi connectivity index (χ0n) is 11.0. The third-order valence-electron chi connectivity index (χ3n) is 4.31. The van der Waals surface area contributed by atoms with Gasteiger partial charge in [-0.15, -0.1) is 0 Å². The van der Waals surface area contributed by atoms with Crippen molar-refractivity contribution in [3.63, 3.8) is 0 Å². The van der Waals surface area contributed by atoms with Gasteiger partial charge in [0.1, 0.15) is 5.52 Å². The molecule has 1 aromatic carbocycles. The number of rotatable bonds is 2. The molecule has 96 valence electrons. The number of anilines is 1. The largest absolute Gasteiger partial charge is 0.424 e. The third-order valence-corrected chi connectivity index (χ3v) is 4.31. The van der Waals surface area contributed by atoms with Gasteiger partial charge < -0.3 is 9.73 Å². The fourth-order valence-corrected chi connectivity index (χ4v) is 2.88. The molecule has 1 N–H and O–H groups in total. The zero-order chi connectivity index (χ0) is 12.5. The van der Waals surface area contributed by atoms with Crippen LogP contribution in [0, 0.1) is 11.8 Å². The van der Waals surface area contributed by atoms with E-state index in [9.17, 15) is 0 Å². The van der Waals surface area contributed by atoms with Crippen LogP contribution in [0.15, 0.2) is 28.7 Å². The van der Waals surface area contributed by atoms with Crippen molar-refractivity contribution in [3.05, 3.63) is 24.3 Å². The van der Waals surface area contributed by atoms with Crippen LogP contribution in [-0.2, 0) is 0 Å². The lowest BCUT2D eigenvalue weighted by Crippen LogP contribution is -2.35. The van der Waals surface area contributed by atoms with Gasteiger partial charge in [0.2, 0.25) is 0 Å². The first-order valence-corrected chi connectivity index (χ1v) is 6.86.